The summed E-state index contributed by atoms with van der Waals surface area (Å²) in [5, 5.41) is 4.30. The van der Waals surface area contributed by atoms with Crippen LogP contribution in [0.15, 0.2) is 109 Å². The van der Waals surface area contributed by atoms with Crippen molar-refractivity contribution in [3.63, 3.8) is 0 Å². The van der Waals surface area contributed by atoms with Crippen LogP contribution in [0.25, 0.3) is 40.3 Å². The van der Waals surface area contributed by atoms with Crippen molar-refractivity contribution in [1.29, 1.82) is 0 Å². The zero-order chi connectivity index (χ0) is 27.2. The van der Waals surface area contributed by atoms with Gasteiger partial charge in [0.15, 0.2) is 0 Å². The van der Waals surface area contributed by atoms with E-state index >= 15 is 0 Å². The summed E-state index contributed by atoms with van der Waals surface area (Å²) < 4.78 is 23.3. The number of rotatable bonds is 6. The van der Waals surface area contributed by atoms with E-state index in [0.29, 0.717) is 34.8 Å². The van der Waals surface area contributed by atoms with Crippen molar-refractivity contribution in [2.75, 3.05) is 0 Å². The number of hydrogen-bond acceptors (Lipinski definition) is 7. The number of pyridine rings is 2. The van der Waals surface area contributed by atoms with Crippen LogP contribution in [0.2, 0.25) is 0 Å². The second-order valence-electron chi connectivity index (χ2n) is 9.25. The molecule has 4 aromatic carbocycles. The molecule has 4 aromatic heterocycles. The largest absolute Gasteiger partial charge is 2.00 e. The van der Waals surface area contributed by atoms with Gasteiger partial charge in [-0.2, -0.15) is 0 Å². The molecule has 0 unspecified atom stereocenters. The van der Waals surface area contributed by atoms with E-state index in [-0.39, 0.29) is 21.1 Å². The quantitative estimate of drug-likeness (QED) is 0.158. The summed E-state index contributed by atoms with van der Waals surface area (Å²) >= 11 is 3.32. The number of thiophene rings is 2. The predicted molar refractivity (Wildman–Crippen MR) is 165 cm³/mol. The summed E-state index contributed by atoms with van der Waals surface area (Å²) in [7, 11) is 0. The van der Waals surface area contributed by atoms with Gasteiger partial charge < -0.3 is 14.2 Å². The molecule has 0 amide bonds. The Morgan fingerprint density at radius 2 is 0.952 bits per heavy atom. The second-order valence-corrected chi connectivity index (χ2v) is 11.4. The maximum atomic E-state index is 6.73. The van der Waals surface area contributed by atoms with E-state index in [1.807, 2.05) is 72.8 Å². The first kappa shape index (κ1) is 26.6. The Morgan fingerprint density at radius 1 is 0.500 bits per heavy atom. The molecule has 8 aromatic rings. The predicted octanol–water partition coefficient (Wildman–Crippen LogP) is 10.2. The number of benzene rings is 4. The van der Waals surface area contributed by atoms with Crippen LogP contribution in [0.5, 0.6) is 34.8 Å². The standard InChI is InChI=1S/C34H18N2O3S2.Pt/c1-3-11-29-23(9-1)25-17-21(37-31-13-5-7-15-35-31)19-27(33(25)40-29)39-28-20-22(38-32-14-6-8-16-36-32)18-26-24-10-2-4-12-30(24)41-34(26)28;/h1-18H;/q-2;+2. The normalized spacial score (nSPS) is 11.1. The SMILES string of the molecule is [Pt+2].[c-]1c(Oc2ccccn2)cc2c(sc3ccccc32)c1Oc1[c-]c(Oc2ccccn2)cc2c1sc1ccccc12. The first-order valence-electron chi connectivity index (χ1n) is 12.9. The topological polar surface area (TPSA) is 53.5 Å². The molecule has 0 radical (unpaired) electrons. The fourth-order valence-corrected chi connectivity index (χ4v) is 7.06. The fraction of sp³-hybridized carbons (Fsp3) is 0. The van der Waals surface area contributed by atoms with Gasteiger partial charge >= 0.3 is 21.1 Å². The molecule has 0 saturated carbocycles. The third-order valence-corrected chi connectivity index (χ3v) is 8.98. The van der Waals surface area contributed by atoms with Crippen molar-refractivity contribution < 1.29 is 35.3 Å². The maximum Gasteiger partial charge on any atom is 2.00 e. The smallest absolute Gasteiger partial charge is 0.506 e. The zero-order valence-corrected chi connectivity index (χ0v) is 25.5. The Balaban J connectivity index is 0.00000288. The van der Waals surface area contributed by atoms with Crippen molar-refractivity contribution >= 4 is 63.0 Å². The number of ether oxygens (including phenoxy) is 3. The molecule has 0 fully saturated rings. The van der Waals surface area contributed by atoms with Crippen molar-refractivity contribution in [2.24, 2.45) is 0 Å². The summed E-state index contributed by atoms with van der Waals surface area (Å²) in [6, 6.07) is 38.5. The van der Waals surface area contributed by atoms with E-state index in [0.717, 1.165) is 40.3 Å². The van der Waals surface area contributed by atoms with Gasteiger partial charge in [0.2, 0.25) is 11.8 Å². The Labute approximate surface area is 263 Å². The van der Waals surface area contributed by atoms with Crippen LogP contribution in [0.1, 0.15) is 0 Å². The molecular weight excluding hydrogens is 744 g/mol. The van der Waals surface area contributed by atoms with Gasteiger partial charge in [0, 0.05) is 56.9 Å². The van der Waals surface area contributed by atoms with E-state index in [1.54, 1.807) is 35.1 Å². The minimum atomic E-state index is 0. The van der Waals surface area contributed by atoms with Crippen molar-refractivity contribution in [3.05, 3.63) is 122 Å². The molecule has 0 saturated heterocycles. The third kappa shape index (κ3) is 4.90. The van der Waals surface area contributed by atoms with Gasteiger partial charge in [-0.3, -0.25) is 0 Å². The zero-order valence-electron chi connectivity index (χ0n) is 21.6. The molecule has 5 nitrogen and oxygen atoms in total. The van der Waals surface area contributed by atoms with Crippen molar-refractivity contribution in [3.8, 4) is 34.8 Å². The van der Waals surface area contributed by atoms with Crippen LogP contribution in [-0.2, 0) is 21.1 Å². The van der Waals surface area contributed by atoms with Crippen LogP contribution in [0, 0.1) is 12.1 Å². The Kier molecular flexibility index (Phi) is 7.08. The van der Waals surface area contributed by atoms with Gasteiger partial charge in [-0.05, 0) is 44.4 Å². The Morgan fingerprint density at radius 3 is 1.40 bits per heavy atom. The minimum absolute atomic E-state index is 0. The number of hydrogen-bond donors (Lipinski definition) is 0. The molecule has 0 aliphatic rings. The first-order valence-corrected chi connectivity index (χ1v) is 14.5. The monoisotopic (exact) mass is 761 g/mol. The van der Waals surface area contributed by atoms with Crippen LogP contribution in [0.3, 0.4) is 0 Å². The van der Waals surface area contributed by atoms with Gasteiger partial charge in [0.1, 0.15) is 0 Å². The third-order valence-electron chi connectivity index (χ3n) is 6.61. The number of nitrogens with zero attached hydrogens (tertiary/aromatic N) is 2. The summed E-state index contributed by atoms with van der Waals surface area (Å²) in [6.07, 6.45) is 3.40. The van der Waals surface area contributed by atoms with E-state index in [9.17, 15) is 0 Å². The van der Waals surface area contributed by atoms with E-state index in [2.05, 4.69) is 46.4 Å². The van der Waals surface area contributed by atoms with E-state index in [4.69, 9.17) is 14.2 Å². The molecule has 4 heterocycles. The minimum Gasteiger partial charge on any atom is -0.506 e. The summed E-state index contributed by atoms with van der Waals surface area (Å²) in [6.45, 7) is 0. The summed E-state index contributed by atoms with van der Waals surface area (Å²) in [5.74, 6) is 3.11. The molecule has 0 N–H and O–H groups in total. The van der Waals surface area contributed by atoms with Crippen molar-refractivity contribution in [2.45, 2.75) is 0 Å². The summed E-state index contributed by atoms with van der Waals surface area (Å²) in [4.78, 5) is 8.65. The van der Waals surface area contributed by atoms with E-state index < -0.39 is 0 Å². The first-order chi connectivity index (χ1) is 20.3. The van der Waals surface area contributed by atoms with Crippen LogP contribution in [-0.4, -0.2) is 9.97 Å². The molecule has 8 rings (SSSR count). The fourth-order valence-electron chi connectivity index (χ4n) is 4.82. The Hall–Kier alpha value is -4.29. The molecule has 42 heavy (non-hydrogen) atoms. The Bertz CT molecular complexity index is 2040. The summed E-state index contributed by atoms with van der Waals surface area (Å²) in [5.41, 5.74) is 0. The molecular formula is C34H18N2O3PtS2. The molecule has 0 spiro atoms. The molecule has 0 atom stereocenters. The molecule has 204 valence electrons. The molecule has 0 aliphatic carbocycles. The molecule has 0 bridgehead atoms. The molecule has 0 aliphatic heterocycles. The van der Waals surface area contributed by atoms with Gasteiger partial charge in [-0.15, -0.1) is 22.9 Å². The maximum absolute atomic E-state index is 6.73. The average Bonchev–Trinajstić information content (AvgIpc) is 3.57. The van der Waals surface area contributed by atoms with Crippen LogP contribution >= 0.6 is 22.7 Å². The van der Waals surface area contributed by atoms with Gasteiger partial charge in [0.05, 0.1) is 0 Å². The second kappa shape index (κ2) is 11.2. The van der Waals surface area contributed by atoms with E-state index in [1.165, 1.54) is 0 Å². The van der Waals surface area contributed by atoms with Crippen LogP contribution < -0.4 is 14.2 Å². The van der Waals surface area contributed by atoms with Gasteiger partial charge in [-0.1, -0.05) is 60.7 Å². The number of fused-ring (bicyclic) bond motifs is 6. The molecule has 8 heteroatoms. The van der Waals surface area contributed by atoms with Gasteiger partial charge in [0.25, 0.3) is 0 Å². The van der Waals surface area contributed by atoms with Crippen molar-refractivity contribution in [1.82, 2.24) is 9.97 Å². The van der Waals surface area contributed by atoms with Gasteiger partial charge in [-0.25, -0.2) is 32.6 Å². The number of aromatic nitrogens is 2. The van der Waals surface area contributed by atoms with Crippen LogP contribution in [0.4, 0.5) is 0 Å². The average molecular weight is 762 g/mol.